The molecule has 1 aromatic carbocycles. The second-order valence-corrected chi connectivity index (χ2v) is 8.11. The van der Waals surface area contributed by atoms with Crippen molar-refractivity contribution in [2.24, 2.45) is 0 Å². The summed E-state index contributed by atoms with van der Waals surface area (Å²) in [5, 5.41) is 11.9. The van der Waals surface area contributed by atoms with E-state index in [0.717, 1.165) is 24.6 Å². The first-order valence-electron chi connectivity index (χ1n) is 8.82. The number of nitriles is 1. The number of hydrogen-bond acceptors (Lipinski definition) is 7. The summed E-state index contributed by atoms with van der Waals surface area (Å²) >= 11 is 0. The third kappa shape index (κ3) is 4.93. The number of hydrogen-bond donors (Lipinski definition) is 2. The molecule has 0 radical (unpaired) electrons. The van der Waals surface area contributed by atoms with Crippen LogP contribution in [0.4, 0.5) is 11.8 Å². The van der Waals surface area contributed by atoms with Gasteiger partial charge in [-0.05, 0) is 44.0 Å². The van der Waals surface area contributed by atoms with Gasteiger partial charge in [-0.2, -0.15) is 10.2 Å². The summed E-state index contributed by atoms with van der Waals surface area (Å²) in [7, 11) is -3.62. The van der Waals surface area contributed by atoms with Crippen LogP contribution >= 0.6 is 0 Å². The highest BCUT2D eigenvalue weighted by atomic mass is 32.2. The monoisotopic (exact) mass is 386 g/mol. The van der Waals surface area contributed by atoms with E-state index in [4.69, 9.17) is 5.26 Å². The molecule has 9 heteroatoms. The predicted octanol–water partition coefficient (Wildman–Crippen LogP) is 1.65. The van der Waals surface area contributed by atoms with Crippen LogP contribution in [0, 0.1) is 18.3 Å². The Kier molecular flexibility index (Phi) is 5.88. The van der Waals surface area contributed by atoms with Crippen molar-refractivity contribution in [2.75, 3.05) is 36.4 Å². The second kappa shape index (κ2) is 8.33. The van der Waals surface area contributed by atoms with Gasteiger partial charge >= 0.3 is 0 Å². The Bertz CT molecular complexity index is 931. The molecule has 1 aliphatic rings. The standard InChI is InChI=1S/C18H22N6O2S/c1-14-12-17(24-10-2-3-11-24)23-18(22-14)20-8-9-21-27(25,26)16-6-4-15(13-19)5-7-16/h4-7,12,21H,2-3,8-11H2,1H3,(H,20,22,23). The number of aryl methyl sites for hydroxylation is 1. The lowest BCUT2D eigenvalue weighted by Gasteiger charge is -2.17. The summed E-state index contributed by atoms with van der Waals surface area (Å²) in [5.41, 5.74) is 1.29. The topological polar surface area (TPSA) is 111 Å². The average molecular weight is 386 g/mol. The summed E-state index contributed by atoms with van der Waals surface area (Å²) in [5.74, 6) is 1.40. The molecule has 0 amide bonds. The molecule has 2 heterocycles. The molecule has 0 atom stereocenters. The Balaban J connectivity index is 1.55. The van der Waals surface area contributed by atoms with Crippen LogP contribution in [0.25, 0.3) is 0 Å². The van der Waals surface area contributed by atoms with Crippen molar-refractivity contribution in [2.45, 2.75) is 24.7 Å². The van der Waals surface area contributed by atoms with Gasteiger partial charge in [0.2, 0.25) is 16.0 Å². The van der Waals surface area contributed by atoms with Crippen LogP contribution in [-0.4, -0.2) is 44.6 Å². The maximum Gasteiger partial charge on any atom is 0.240 e. The van der Waals surface area contributed by atoms with Gasteiger partial charge in [-0.3, -0.25) is 0 Å². The normalized spacial score (nSPS) is 14.1. The molecule has 3 rings (SSSR count). The van der Waals surface area contributed by atoms with Gasteiger partial charge in [0.1, 0.15) is 5.82 Å². The van der Waals surface area contributed by atoms with Crippen LogP contribution in [0.1, 0.15) is 24.1 Å². The van der Waals surface area contributed by atoms with Gasteiger partial charge < -0.3 is 10.2 Å². The van der Waals surface area contributed by atoms with Gasteiger partial charge in [0, 0.05) is 37.9 Å². The molecule has 2 N–H and O–H groups in total. The maximum atomic E-state index is 12.3. The zero-order valence-electron chi connectivity index (χ0n) is 15.1. The zero-order chi connectivity index (χ0) is 19.3. The molecule has 1 fully saturated rings. The summed E-state index contributed by atoms with van der Waals surface area (Å²) in [6, 6.07) is 9.72. The van der Waals surface area contributed by atoms with Gasteiger partial charge in [-0.25, -0.2) is 18.1 Å². The third-order valence-electron chi connectivity index (χ3n) is 4.26. The molecular formula is C18H22N6O2S. The van der Waals surface area contributed by atoms with Gasteiger partial charge in [0.15, 0.2) is 0 Å². The van der Waals surface area contributed by atoms with E-state index in [2.05, 4.69) is 24.9 Å². The van der Waals surface area contributed by atoms with E-state index in [1.54, 1.807) is 0 Å². The second-order valence-electron chi connectivity index (χ2n) is 6.35. The molecule has 2 aromatic rings. The fraction of sp³-hybridized carbons (Fsp3) is 0.389. The molecule has 27 heavy (non-hydrogen) atoms. The van der Waals surface area contributed by atoms with Crippen molar-refractivity contribution in [1.82, 2.24) is 14.7 Å². The highest BCUT2D eigenvalue weighted by molar-refractivity contribution is 7.89. The van der Waals surface area contributed by atoms with E-state index in [9.17, 15) is 8.42 Å². The van der Waals surface area contributed by atoms with Crippen molar-refractivity contribution >= 4 is 21.8 Å². The lowest BCUT2D eigenvalue weighted by molar-refractivity contribution is 0.583. The molecule has 0 aliphatic carbocycles. The van der Waals surface area contributed by atoms with Crippen molar-refractivity contribution in [3.8, 4) is 6.07 Å². The van der Waals surface area contributed by atoms with Crippen molar-refractivity contribution in [3.63, 3.8) is 0 Å². The van der Waals surface area contributed by atoms with Crippen LogP contribution in [0.15, 0.2) is 35.2 Å². The van der Waals surface area contributed by atoms with Crippen LogP contribution < -0.4 is 14.9 Å². The molecule has 0 spiro atoms. The number of nitrogens with one attached hydrogen (secondary N) is 2. The van der Waals surface area contributed by atoms with E-state index < -0.39 is 10.0 Å². The average Bonchev–Trinajstić information content (AvgIpc) is 3.20. The molecule has 0 saturated carbocycles. The van der Waals surface area contributed by atoms with Gasteiger partial charge in [-0.15, -0.1) is 0 Å². The van der Waals surface area contributed by atoms with Crippen LogP contribution in [0.5, 0.6) is 0 Å². The van der Waals surface area contributed by atoms with Crippen LogP contribution in [0.3, 0.4) is 0 Å². The molecule has 142 valence electrons. The molecule has 0 bridgehead atoms. The first-order valence-corrected chi connectivity index (χ1v) is 10.3. The number of benzene rings is 1. The molecule has 1 aliphatic heterocycles. The third-order valence-corrected chi connectivity index (χ3v) is 5.74. The van der Waals surface area contributed by atoms with Gasteiger partial charge in [0.25, 0.3) is 0 Å². The number of nitrogens with zero attached hydrogens (tertiary/aromatic N) is 4. The summed E-state index contributed by atoms with van der Waals surface area (Å²) in [6.07, 6.45) is 2.34. The summed E-state index contributed by atoms with van der Waals surface area (Å²) < 4.78 is 27.1. The van der Waals surface area contributed by atoms with Crippen molar-refractivity contribution < 1.29 is 8.42 Å². The van der Waals surface area contributed by atoms with E-state index in [1.165, 1.54) is 37.1 Å². The maximum absolute atomic E-state index is 12.3. The first kappa shape index (κ1) is 19.1. The van der Waals surface area contributed by atoms with Gasteiger partial charge in [0.05, 0.1) is 16.5 Å². The Morgan fingerprint density at radius 2 is 1.85 bits per heavy atom. The Morgan fingerprint density at radius 1 is 1.15 bits per heavy atom. The molecule has 8 nitrogen and oxygen atoms in total. The predicted molar refractivity (Wildman–Crippen MR) is 103 cm³/mol. The fourth-order valence-electron chi connectivity index (χ4n) is 2.89. The van der Waals surface area contributed by atoms with E-state index in [0.29, 0.717) is 18.1 Å². The number of anilines is 2. The first-order chi connectivity index (χ1) is 13.0. The van der Waals surface area contributed by atoms with Gasteiger partial charge in [-0.1, -0.05) is 0 Å². The van der Waals surface area contributed by atoms with Crippen LogP contribution in [0.2, 0.25) is 0 Å². The number of aromatic nitrogens is 2. The van der Waals surface area contributed by atoms with Crippen LogP contribution in [-0.2, 0) is 10.0 Å². The smallest absolute Gasteiger partial charge is 0.240 e. The Morgan fingerprint density at radius 3 is 2.52 bits per heavy atom. The van der Waals surface area contributed by atoms with Crippen molar-refractivity contribution in [3.05, 3.63) is 41.6 Å². The SMILES string of the molecule is Cc1cc(N2CCCC2)nc(NCCNS(=O)(=O)c2ccc(C#N)cc2)n1. The molecule has 1 saturated heterocycles. The summed E-state index contributed by atoms with van der Waals surface area (Å²) in [4.78, 5) is 11.2. The molecule has 0 unspecified atom stereocenters. The van der Waals surface area contributed by atoms with Crippen molar-refractivity contribution in [1.29, 1.82) is 5.26 Å². The lowest BCUT2D eigenvalue weighted by Crippen LogP contribution is -2.29. The summed E-state index contributed by atoms with van der Waals surface area (Å²) in [6.45, 7) is 4.47. The number of sulfonamides is 1. The molecular weight excluding hydrogens is 364 g/mol. The minimum atomic E-state index is -3.62. The molecule has 1 aromatic heterocycles. The minimum absolute atomic E-state index is 0.129. The highest BCUT2D eigenvalue weighted by Gasteiger charge is 2.16. The van der Waals surface area contributed by atoms with E-state index in [1.807, 2.05) is 19.1 Å². The quantitative estimate of drug-likeness (QED) is 0.696. The Labute approximate surface area is 159 Å². The number of rotatable bonds is 7. The lowest BCUT2D eigenvalue weighted by atomic mass is 10.2. The Hall–Kier alpha value is -2.70. The fourth-order valence-corrected chi connectivity index (χ4v) is 3.92. The van der Waals surface area contributed by atoms with E-state index in [-0.39, 0.29) is 11.4 Å². The highest BCUT2D eigenvalue weighted by Crippen LogP contribution is 2.19. The zero-order valence-corrected chi connectivity index (χ0v) is 16.0. The minimum Gasteiger partial charge on any atom is -0.356 e. The largest absolute Gasteiger partial charge is 0.356 e. The van der Waals surface area contributed by atoms with E-state index >= 15 is 0 Å².